The lowest BCUT2D eigenvalue weighted by Crippen LogP contribution is -2.38. The summed E-state index contributed by atoms with van der Waals surface area (Å²) in [5.74, 6) is -0.700. The van der Waals surface area contributed by atoms with Crippen LogP contribution in [0, 0.1) is 0 Å². The van der Waals surface area contributed by atoms with Crippen molar-refractivity contribution in [2.75, 3.05) is 6.54 Å². The maximum absolute atomic E-state index is 12.7. The van der Waals surface area contributed by atoms with E-state index in [-0.39, 0.29) is 5.91 Å². The maximum atomic E-state index is 12.7. The molecule has 0 unspecified atom stereocenters. The number of carbonyl (C=O) groups is 2. The van der Waals surface area contributed by atoms with Gasteiger partial charge < -0.3 is 13.9 Å². The summed E-state index contributed by atoms with van der Waals surface area (Å²) >= 11 is 0. The SMILES string of the molecule is O=C(NO)c1cc2n(c1)CCN(C(=O)c1cn3ccccc3n1)C2. The minimum Gasteiger partial charge on any atom is -0.347 e. The normalized spacial score (nSPS) is 13.8. The summed E-state index contributed by atoms with van der Waals surface area (Å²) in [6, 6.07) is 7.27. The number of amides is 2. The Labute approximate surface area is 136 Å². The average molecular weight is 325 g/mol. The topological polar surface area (TPSA) is 91.9 Å². The van der Waals surface area contributed by atoms with E-state index in [0.717, 1.165) is 11.3 Å². The minimum absolute atomic E-state index is 0.140. The van der Waals surface area contributed by atoms with Crippen molar-refractivity contribution in [3.05, 3.63) is 59.8 Å². The molecule has 1 aliphatic heterocycles. The van der Waals surface area contributed by atoms with Crippen molar-refractivity contribution in [2.45, 2.75) is 13.1 Å². The molecule has 1 aliphatic rings. The third-order valence-corrected chi connectivity index (χ3v) is 4.18. The van der Waals surface area contributed by atoms with Gasteiger partial charge in [-0.05, 0) is 18.2 Å². The van der Waals surface area contributed by atoms with Gasteiger partial charge in [-0.2, -0.15) is 0 Å². The molecule has 0 aliphatic carbocycles. The molecule has 3 aromatic heterocycles. The Balaban J connectivity index is 1.58. The van der Waals surface area contributed by atoms with Crippen LogP contribution in [0.5, 0.6) is 0 Å². The Morgan fingerprint density at radius 1 is 1.21 bits per heavy atom. The molecule has 0 saturated carbocycles. The number of pyridine rings is 1. The zero-order valence-corrected chi connectivity index (χ0v) is 12.7. The Bertz CT molecular complexity index is 909. The molecule has 24 heavy (non-hydrogen) atoms. The first-order valence-electron chi connectivity index (χ1n) is 7.52. The zero-order valence-electron chi connectivity index (χ0n) is 12.7. The Morgan fingerprint density at radius 3 is 2.88 bits per heavy atom. The maximum Gasteiger partial charge on any atom is 0.276 e. The van der Waals surface area contributed by atoms with E-state index in [4.69, 9.17) is 5.21 Å². The molecule has 0 spiro atoms. The Kier molecular flexibility index (Phi) is 3.31. The molecule has 0 fully saturated rings. The first kappa shape index (κ1) is 14.5. The number of hydrogen-bond acceptors (Lipinski definition) is 4. The fourth-order valence-electron chi connectivity index (χ4n) is 2.96. The van der Waals surface area contributed by atoms with Crippen LogP contribution in [0.15, 0.2) is 42.9 Å². The van der Waals surface area contributed by atoms with Crippen LogP contribution in [0.2, 0.25) is 0 Å². The van der Waals surface area contributed by atoms with Crippen molar-refractivity contribution in [3.8, 4) is 0 Å². The van der Waals surface area contributed by atoms with Crippen LogP contribution in [-0.4, -0.2) is 42.4 Å². The second-order valence-corrected chi connectivity index (χ2v) is 5.67. The number of fused-ring (bicyclic) bond motifs is 2. The second-order valence-electron chi connectivity index (χ2n) is 5.67. The molecule has 0 aromatic carbocycles. The van der Waals surface area contributed by atoms with E-state index in [0.29, 0.717) is 30.9 Å². The lowest BCUT2D eigenvalue weighted by molar-refractivity contribution is 0.0699. The number of aromatic nitrogens is 3. The van der Waals surface area contributed by atoms with E-state index in [9.17, 15) is 9.59 Å². The molecule has 2 N–H and O–H groups in total. The molecule has 3 aromatic rings. The van der Waals surface area contributed by atoms with Crippen LogP contribution in [0.4, 0.5) is 0 Å². The number of hydroxylamine groups is 1. The fraction of sp³-hybridized carbons (Fsp3) is 0.188. The van der Waals surface area contributed by atoms with Gasteiger partial charge in [0, 0.05) is 37.4 Å². The van der Waals surface area contributed by atoms with E-state index >= 15 is 0 Å². The molecule has 0 saturated heterocycles. The number of hydrogen-bond donors (Lipinski definition) is 2. The molecule has 8 heteroatoms. The third kappa shape index (κ3) is 2.33. The van der Waals surface area contributed by atoms with E-state index < -0.39 is 5.91 Å². The van der Waals surface area contributed by atoms with Crippen molar-refractivity contribution >= 4 is 17.5 Å². The van der Waals surface area contributed by atoms with Gasteiger partial charge in [-0.15, -0.1) is 0 Å². The minimum atomic E-state index is -0.560. The number of nitrogens with one attached hydrogen (secondary N) is 1. The predicted molar refractivity (Wildman–Crippen MR) is 83.6 cm³/mol. The summed E-state index contributed by atoms with van der Waals surface area (Å²) in [5.41, 5.74) is 3.96. The van der Waals surface area contributed by atoms with Crippen LogP contribution in [0.1, 0.15) is 26.5 Å². The molecular weight excluding hydrogens is 310 g/mol. The Morgan fingerprint density at radius 2 is 2.08 bits per heavy atom. The summed E-state index contributed by atoms with van der Waals surface area (Å²) in [7, 11) is 0. The predicted octanol–water partition coefficient (Wildman–Crippen LogP) is 0.911. The van der Waals surface area contributed by atoms with E-state index in [1.165, 1.54) is 0 Å². The summed E-state index contributed by atoms with van der Waals surface area (Å²) < 4.78 is 3.72. The van der Waals surface area contributed by atoms with Crippen molar-refractivity contribution in [1.29, 1.82) is 0 Å². The smallest absolute Gasteiger partial charge is 0.276 e. The van der Waals surface area contributed by atoms with Crippen LogP contribution >= 0.6 is 0 Å². The summed E-state index contributed by atoms with van der Waals surface area (Å²) in [4.78, 5) is 30.3. The molecule has 8 nitrogen and oxygen atoms in total. The molecular formula is C16H15N5O3. The number of rotatable bonds is 2. The van der Waals surface area contributed by atoms with Crippen LogP contribution in [0.3, 0.4) is 0 Å². The highest BCUT2D eigenvalue weighted by molar-refractivity contribution is 5.94. The number of carbonyl (C=O) groups excluding carboxylic acids is 2. The lowest BCUT2D eigenvalue weighted by Gasteiger charge is -2.27. The Hall–Kier alpha value is -3.13. The van der Waals surface area contributed by atoms with Crippen molar-refractivity contribution in [2.24, 2.45) is 0 Å². The monoisotopic (exact) mass is 325 g/mol. The van der Waals surface area contributed by atoms with Crippen molar-refractivity contribution in [3.63, 3.8) is 0 Å². The van der Waals surface area contributed by atoms with Gasteiger partial charge in [-0.25, -0.2) is 10.5 Å². The summed E-state index contributed by atoms with van der Waals surface area (Å²) in [6.45, 7) is 1.52. The highest BCUT2D eigenvalue weighted by atomic mass is 16.5. The molecule has 0 radical (unpaired) electrons. The zero-order chi connectivity index (χ0) is 16.7. The molecule has 0 atom stereocenters. The molecule has 2 amide bonds. The van der Waals surface area contributed by atoms with Gasteiger partial charge in [0.2, 0.25) is 0 Å². The van der Waals surface area contributed by atoms with Crippen molar-refractivity contribution in [1.82, 2.24) is 24.3 Å². The quantitative estimate of drug-likeness (QED) is 0.541. The van der Waals surface area contributed by atoms with Gasteiger partial charge in [-0.3, -0.25) is 14.8 Å². The molecule has 122 valence electrons. The molecule has 4 heterocycles. The van der Waals surface area contributed by atoms with E-state index in [2.05, 4.69) is 4.98 Å². The highest BCUT2D eigenvalue weighted by Crippen LogP contribution is 2.18. The molecule has 4 rings (SSSR count). The summed E-state index contributed by atoms with van der Waals surface area (Å²) in [5, 5.41) is 8.72. The van der Waals surface area contributed by atoms with Crippen molar-refractivity contribution < 1.29 is 14.8 Å². The van der Waals surface area contributed by atoms with Crippen LogP contribution in [0.25, 0.3) is 5.65 Å². The number of imidazole rings is 1. The van der Waals surface area contributed by atoms with Gasteiger partial charge in [0.05, 0.1) is 12.1 Å². The number of nitrogens with zero attached hydrogens (tertiary/aromatic N) is 4. The third-order valence-electron chi connectivity index (χ3n) is 4.18. The highest BCUT2D eigenvalue weighted by Gasteiger charge is 2.25. The first-order chi connectivity index (χ1) is 11.7. The van der Waals surface area contributed by atoms with E-state index in [1.54, 1.807) is 28.8 Å². The fourth-order valence-corrected chi connectivity index (χ4v) is 2.96. The van der Waals surface area contributed by atoms with Gasteiger partial charge in [0.25, 0.3) is 11.8 Å². The van der Waals surface area contributed by atoms with Gasteiger partial charge in [-0.1, -0.05) is 6.07 Å². The van der Waals surface area contributed by atoms with Gasteiger partial charge >= 0.3 is 0 Å². The van der Waals surface area contributed by atoms with Crippen LogP contribution < -0.4 is 5.48 Å². The molecule has 0 bridgehead atoms. The van der Waals surface area contributed by atoms with Crippen LogP contribution in [-0.2, 0) is 13.1 Å². The summed E-state index contributed by atoms with van der Waals surface area (Å²) in [6.07, 6.45) is 5.24. The first-order valence-corrected chi connectivity index (χ1v) is 7.52. The van der Waals surface area contributed by atoms with Gasteiger partial charge in [0.1, 0.15) is 11.3 Å². The lowest BCUT2D eigenvalue weighted by atomic mass is 10.2. The second kappa shape index (κ2) is 5.50. The largest absolute Gasteiger partial charge is 0.347 e. The van der Waals surface area contributed by atoms with Gasteiger partial charge in [0.15, 0.2) is 0 Å². The standard InChI is InChI=1S/C16H15N5O3/c22-15(18-24)11-7-12-9-21(6-5-19(12)8-11)16(23)13-10-20-4-2-1-3-14(20)17-13/h1-4,7-8,10,24H,5-6,9H2,(H,18,22). The average Bonchev–Trinajstić information content (AvgIpc) is 3.23. The van der Waals surface area contributed by atoms with E-state index in [1.807, 2.05) is 33.4 Å².